The molecule has 12 N–H and O–H groups in total. The molecule has 6 rings (SSSR count). The Balaban J connectivity index is 0.000000802. The van der Waals surface area contributed by atoms with Crippen LogP contribution in [0.3, 0.4) is 0 Å². The standard InChI is InChI=1S/2C34H56N4O2.2CH3.Co.Zn/c2*1-31(2,3)27-11-23-15-35-19-33(7,8)21-37-17-25-13-28(32(4,5)6)14-26(30(25)40)18-38-22-34(9,10)20-36-16-24(12-27)29(23)39;;;;/h2*11-14,35-40H,15-22H2,1-10H3;2*1H3;;/q;;2*-1;+3;. The van der Waals surface area contributed by atoms with E-state index in [1.807, 2.05) is 0 Å². The number of aromatic hydroxyl groups is 4. The molecule has 472 valence electrons. The van der Waals surface area contributed by atoms with Gasteiger partial charge in [-0.05, 0) is 65.6 Å². The number of benzene rings is 4. The average Bonchev–Trinajstić information content (AvgIpc) is 3.31. The quantitative estimate of drug-likeness (QED) is 0.0594. The van der Waals surface area contributed by atoms with Crippen molar-refractivity contribution in [2.75, 3.05) is 52.4 Å². The van der Waals surface area contributed by atoms with E-state index in [9.17, 15) is 20.4 Å². The number of fused-ring (bicyclic) bond motifs is 8. The van der Waals surface area contributed by atoms with Crippen molar-refractivity contribution in [3.63, 3.8) is 0 Å². The number of nitrogens with one attached hydrogen (secondary N) is 8. The van der Waals surface area contributed by atoms with Gasteiger partial charge in [-0.3, -0.25) is 0 Å². The minimum atomic E-state index is -0.0182. The summed E-state index contributed by atoms with van der Waals surface area (Å²) in [4.78, 5) is 0. The second-order valence-electron chi connectivity index (χ2n) is 31.1. The molecular formula is C70H118CoN8O4Zn+. The smallest absolute Gasteiger partial charge is 0.507 e. The molecule has 0 unspecified atom stereocenters. The average molecular weight is 1260 g/mol. The van der Waals surface area contributed by atoms with Gasteiger partial charge in [-0.25, -0.2) is 0 Å². The molecule has 2 heterocycles. The summed E-state index contributed by atoms with van der Waals surface area (Å²) in [5.74, 6) is 1.55. The third kappa shape index (κ3) is 24.1. The van der Waals surface area contributed by atoms with Gasteiger partial charge in [0, 0.05) is 169 Å². The molecule has 0 aliphatic carbocycles. The van der Waals surface area contributed by atoms with Gasteiger partial charge in [-0.15, -0.1) is 0 Å². The first-order chi connectivity index (χ1) is 36.8. The molecule has 0 spiro atoms. The predicted octanol–water partition coefficient (Wildman–Crippen LogP) is 12.5. The van der Waals surface area contributed by atoms with Crippen molar-refractivity contribution < 1.29 is 56.7 Å². The predicted molar refractivity (Wildman–Crippen MR) is 349 cm³/mol. The normalized spacial score (nSPS) is 18.7. The maximum atomic E-state index is 11.2. The summed E-state index contributed by atoms with van der Waals surface area (Å²) < 4.78 is 0. The molecule has 8 bridgehead atoms. The van der Waals surface area contributed by atoms with Crippen LogP contribution in [0.1, 0.15) is 205 Å². The minimum absolute atomic E-state index is 0. The minimum Gasteiger partial charge on any atom is -0.507 e. The van der Waals surface area contributed by atoms with E-state index in [0.29, 0.717) is 75.4 Å². The molecule has 2 aliphatic heterocycles. The first kappa shape index (κ1) is 78.9. The van der Waals surface area contributed by atoms with E-state index in [1.54, 1.807) is 0 Å². The molecule has 0 saturated heterocycles. The van der Waals surface area contributed by atoms with Crippen LogP contribution in [0.5, 0.6) is 23.0 Å². The van der Waals surface area contributed by atoms with Gasteiger partial charge in [0.05, 0.1) is 0 Å². The fourth-order valence-electron chi connectivity index (χ4n) is 10.4. The summed E-state index contributed by atoms with van der Waals surface area (Å²) in [6, 6.07) is 17.2. The molecule has 12 nitrogen and oxygen atoms in total. The maximum Gasteiger partial charge on any atom is 3.00 e. The fraction of sp³-hybridized carbons (Fsp3) is 0.629. The molecule has 4 aromatic rings. The topological polar surface area (TPSA) is 177 Å². The molecule has 14 heteroatoms. The summed E-state index contributed by atoms with van der Waals surface area (Å²) in [6.07, 6.45) is 0. The molecule has 0 amide bonds. The first-order valence-corrected chi connectivity index (χ1v) is 29.8. The monoisotopic (exact) mass is 1260 g/mol. The molecule has 0 atom stereocenters. The van der Waals surface area contributed by atoms with E-state index in [-0.39, 0.29) is 94.4 Å². The Hall–Kier alpha value is -3.11. The Labute approximate surface area is 535 Å². The van der Waals surface area contributed by atoms with Gasteiger partial charge in [-0.2, -0.15) is 0 Å². The third-order valence-corrected chi connectivity index (χ3v) is 15.9. The van der Waals surface area contributed by atoms with E-state index in [4.69, 9.17) is 0 Å². The second kappa shape index (κ2) is 31.9. The Kier molecular flexibility index (Phi) is 29.9. The number of hydrogen-bond donors (Lipinski definition) is 12. The van der Waals surface area contributed by atoms with Crippen LogP contribution >= 0.6 is 0 Å². The zero-order chi connectivity index (χ0) is 59.9. The van der Waals surface area contributed by atoms with Crippen LogP contribution < -0.4 is 42.5 Å². The van der Waals surface area contributed by atoms with E-state index in [1.165, 1.54) is 22.3 Å². The van der Waals surface area contributed by atoms with Gasteiger partial charge in [0.25, 0.3) is 0 Å². The summed E-state index contributed by atoms with van der Waals surface area (Å²) in [7, 11) is 0. The number of hydrogen-bond acceptors (Lipinski definition) is 12. The molecule has 4 aromatic carbocycles. The number of phenolic OH excluding ortho intramolecular Hbond substituents is 4. The molecule has 2 aliphatic rings. The third-order valence-electron chi connectivity index (χ3n) is 15.9. The number of rotatable bonds is 0. The molecular weight excluding hydrogens is 1140 g/mol. The van der Waals surface area contributed by atoms with Crippen LogP contribution in [0.4, 0.5) is 0 Å². The number of phenols is 4. The molecule has 84 heavy (non-hydrogen) atoms. The van der Waals surface area contributed by atoms with Crippen molar-refractivity contribution in [1.82, 2.24) is 42.5 Å². The van der Waals surface area contributed by atoms with E-state index in [0.717, 1.165) is 96.9 Å². The Bertz CT molecular complexity index is 2200. The molecule has 0 fully saturated rings. The summed E-state index contributed by atoms with van der Waals surface area (Å²) in [5.41, 5.74) is 12.4. The summed E-state index contributed by atoms with van der Waals surface area (Å²) >= 11 is 0. The van der Waals surface area contributed by atoms with Crippen molar-refractivity contribution in [1.29, 1.82) is 0 Å². The largest absolute Gasteiger partial charge is 3.00 e. The Morgan fingerprint density at radius 3 is 0.476 bits per heavy atom. The van der Waals surface area contributed by atoms with Crippen molar-refractivity contribution in [2.45, 2.75) is 212 Å². The van der Waals surface area contributed by atoms with E-state index < -0.39 is 0 Å². The van der Waals surface area contributed by atoms with E-state index >= 15 is 0 Å². The Morgan fingerprint density at radius 2 is 0.381 bits per heavy atom. The zero-order valence-corrected chi connectivity index (χ0v) is 60.8. The van der Waals surface area contributed by atoms with Crippen molar-refractivity contribution >= 4 is 0 Å². The van der Waals surface area contributed by atoms with Gasteiger partial charge in [-0.1, -0.05) is 187 Å². The fourth-order valence-corrected chi connectivity index (χ4v) is 10.4. The second-order valence-corrected chi connectivity index (χ2v) is 31.1. The summed E-state index contributed by atoms with van der Waals surface area (Å²) in [5, 5.41) is 73.7. The van der Waals surface area contributed by atoms with Gasteiger partial charge >= 0.3 is 16.8 Å². The van der Waals surface area contributed by atoms with Gasteiger partial charge in [0.2, 0.25) is 0 Å². The van der Waals surface area contributed by atoms with E-state index in [2.05, 4.69) is 230 Å². The Morgan fingerprint density at radius 1 is 0.274 bits per heavy atom. The molecule has 0 saturated carbocycles. The van der Waals surface area contributed by atoms with Crippen LogP contribution in [-0.4, -0.2) is 72.8 Å². The van der Waals surface area contributed by atoms with Crippen molar-refractivity contribution in [2.24, 2.45) is 21.7 Å². The van der Waals surface area contributed by atoms with Crippen LogP contribution in [0.15, 0.2) is 48.5 Å². The van der Waals surface area contributed by atoms with Gasteiger partial charge < -0.3 is 77.8 Å². The SMILES string of the molecule is CC1(C)CNCc2cc(C(C)(C)C)cc(c2O)CNCC(C)(C)CNCc2cc(C(C)(C)C)cc(c2O)CNC1.CC1(C)CNCc2cc(C(C)(C)C)cc(c2O)CNCC(C)(C)CNCc2cc(C(C)(C)C)cc(c2O)CNC1.[CH3-].[CH3-].[Co+3].[Zn]. The first-order valence-electron chi connectivity index (χ1n) is 29.8. The summed E-state index contributed by atoms with van der Waals surface area (Å²) in [6.45, 7) is 55.8. The zero-order valence-electron chi connectivity index (χ0n) is 56.8. The molecule has 0 aromatic heterocycles. The van der Waals surface area contributed by atoms with Crippen molar-refractivity contribution in [3.8, 4) is 23.0 Å². The molecule has 0 radical (unpaired) electrons. The van der Waals surface area contributed by atoms with Gasteiger partial charge in [0.1, 0.15) is 23.0 Å². The van der Waals surface area contributed by atoms with Gasteiger partial charge in [0.15, 0.2) is 0 Å². The van der Waals surface area contributed by atoms with Crippen LogP contribution in [-0.2, 0) is 110 Å². The van der Waals surface area contributed by atoms with Crippen LogP contribution in [0.25, 0.3) is 0 Å². The maximum absolute atomic E-state index is 11.2. The van der Waals surface area contributed by atoms with Crippen LogP contribution in [0, 0.1) is 36.5 Å². The van der Waals surface area contributed by atoms with Crippen molar-refractivity contribution in [3.05, 3.63) is 130 Å². The van der Waals surface area contributed by atoms with Crippen LogP contribution in [0.2, 0.25) is 0 Å².